The van der Waals surface area contributed by atoms with Gasteiger partial charge in [-0.05, 0) is 0 Å². The van der Waals surface area contributed by atoms with Gasteiger partial charge in [-0.1, -0.05) is 0 Å². The summed E-state index contributed by atoms with van der Waals surface area (Å²) in [6, 6.07) is 9.83. The normalized spacial score (nSPS) is 10.3. The Labute approximate surface area is 77.1 Å². The van der Waals surface area contributed by atoms with Crippen molar-refractivity contribution in [1.29, 1.82) is 0 Å². The van der Waals surface area contributed by atoms with E-state index >= 15 is 0 Å². The first-order valence-corrected chi connectivity index (χ1v) is 5.25. The van der Waals surface area contributed by atoms with Gasteiger partial charge in [-0.3, -0.25) is 0 Å². The summed E-state index contributed by atoms with van der Waals surface area (Å²) < 4.78 is 1.18. The van der Waals surface area contributed by atoms with Crippen LogP contribution >= 0.6 is 0 Å². The Kier molecular flexibility index (Phi) is 3.58. The second-order valence-corrected chi connectivity index (χ2v) is 4.13. The van der Waals surface area contributed by atoms with E-state index in [0.29, 0.717) is 0 Å². The first-order chi connectivity index (χ1) is 5.79. The molecule has 0 atom stereocenters. The molecule has 0 bridgehead atoms. The van der Waals surface area contributed by atoms with Crippen LogP contribution in [0, 0.1) is 0 Å². The average molecular weight is 227 g/mol. The van der Waals surface area contributed by atoms with E-state index < -0.39 is 5.97 Å². The van der Waals surface area contributed by atoms with Gasteiger partial charge in [0.05, 0.1) is 0 Å². The molecule has 0 aliphatic heterocycles. The Hall–Kier alpha value is -1.05. The molecule has 0 heterocycles. The molecule has 1 aromatic rings. The second kappa shape index (κ2) is 4.75. The molecule has 12 heavy (non-hydrogen) atoms. The molecule has 1 aromatic carbocycles. The maximum atomic E-state index is 10.1. The van der Waals surface area contributed by atoms with Crippen LogP contribution in [0.3, 0.4) is 0 Å². The van der Waals surface area contributed by atoms with Gasteiger partial charge in [-0.2, -0.15) is 0 Å². The van der Waals surface area contributed by atoms with Crippen molar-refractivity contribution in [1.82, 2.24) is 0 Å². The molecule has 0 aliphatic rings. The van der Waals surface area contributed by atoms with Crippen molar-refractivity contribution in [3.05, 3.63) is 41.4 Å². The Morgan fingerprint density at radius 3 is 2.58 bits per heavy atom. The SMILES string of the molecule is O=C(O)/C=C\[Se]c1ccccc1. The van der Waals surface area contributed by atoms with E-state index in [1.54, 1.807) is 4.97 Å². The zero-order chi connectivity index (χ0) is 8.81. The number of carboxylic acid groups (broad SMARTS) is 1. The maximum absolute atomic E-state index is 10.1. The van der Waals surface area contributed by atoms with Crippen LogP contribution in [0.25, 0.3) is 0 Å². The number of carboxylic acids is 1. The standard InChI is InChI=1S/C9H8O2Se/c10-9(11)6-7-12-8-4-2-1-3-5-8/h1-7H,(H,10,11)/b7-6-. The van der Waals surface area contributed by atoms with Crippen molar-refractivity contribution < 1.29 is 9.90 Å². The van der Waals surface area contributed by atoms with Gasteiger partial charge in [0.1, 0.15) is 0 Å². The van der Waals surface area contributed by atoms with Crippen molar-refractivity contribution in [2.24, 2.45) is 0 Å². The number of rotatable bonds is 3. The van der Waals surface area contributed by atoms with E-state index in [1.807, 2.05) is 30.3 Å². The van der Waals surface area contributed by atoms with Gasteiger partial charge >= 0.3 is 76.7 Å². The Balaban J connectivity index is 2.49. The van der Waals surface area contributed by atoms with Gasteiger partial charge in [0, 0.05) is 0 Å². The van der Waals surface area contributed by atoms with Crippen LogP contribution in [0.4, 0.5) is 0 Å². The first-order valence-electron chi connectivity index (χ1n) is 3.40. The third-order valence-corrected chi connectivity index (χ3v) is 2.87. The number of benzene rings is 1. The Morgan fingerprint density at radius 1 is 1.33 bits per heavy atom. The second-order valence-electron chi connectivity index (χ2n) is 2.07. The summed E-state index contributed by atoms with van der Waals surface area (Å²) in [5.41, 5.74) is 0. The van der Waals surface area contributed by atoms with Crippen molar-refractivity contribution >= 4 is 25.4 Å². The first kappa shape index (κ1) is 9.04. The quantitative estimate of drug-likeness (QED) is 0.607. The van der Waals surface area contributed by atoms with E-state index in [0.717, 1.165) is 0 Å². The van der Waals surface area contributed by atoms with Crippen LogP contribution in [0.5, 0.6) is 0 Å². The van der Waals surface area contributed by atoms with Gasteiger partial charge in [-0.15, -0.1) is 0 Å². The van der Waals surface area contributed by atoms with Crippen LogP contribution in [-0.4, -0.2) is 26.0 Å². The third-order valence-electron chi connectivity index (χ3n) is 1.16. The molecular weight excluding hydrogens is 219 g/mol. The van der Waals surface area contributed by atoms with Crippen molar-refractivity contribution in [3.63, 3.8) is 0 Å². The predicted molar refractivity (Wildman–Crippen MR) is 48.6 cm³/mol. The molecule has 0 fully saturated rings. The fraction of sp³-hybridized carbons (Fsp3) is 0. The molecule has 0 aliphatic carbocycles. The molecule has 0 spiro atoms. The van der Waals surface area contributed by atoms with Gasteiger partial charge in [0.15, 0.2) is 0 Å². The van der Waals surface area contributed by atoms with E-state index in [2.05, 4.69) is 0 Å². The summed E-state index contributed by atoms with van der Waals surface area (Å²) in [7, 11) is 0. The zero-order valence-electron chi connectivity index (χ0n) is 6.31. The zero-order valence-corrected chi connectivity index (χ0v) is 8.02. The van der Waals surface area contributed by atoms with Crippen LogP contribution in [-0.2, 0) is 4.79 Å². The van der Waals surface area contributed by atoms with Crippen molar-refractivity contribution in [2.75, 3.05) is 0 Å². The number of hydrogen-bond donors (Lipinski definition) is 1. The van der Waals surface area contributed by atoms with E-state index in [9.17, 15) is 4.79 Å². The van der Waals surface area contributed by atoms with Crippen LogP contribution in [0.15, 0.2) is 41.4 Å². The number of carbonyl (C=O) groups is 1. The van der Waals surface area contributed by atoms with Gasteiger partial charge in [-0.25, -0.2) is 0 Å². The summed E-state index contributed by atoms with van der Waals surface area (Å²) in [4.78, 5) is 11.8. The topological polar surface area (TPSA) is 37.3 Å². The summed E-state index contributed by atoms with van der Waals surface area (Å²) in [6.45, 7) is 0. The molecule has 2 nitrogen and oxygen atoms in total. The molecule has 0 unspecified atom stereocenters. The summed E-state index contributed by atoms with van der Waals surface area (Å²) in [5, 5.41) is 8.31. The van der Waals surface area contributed by atoms with Gasteiger partial charge < -0.3 is 0 Å². The molecule has 1 rings (SSSR count). The average Bonchev–Trinajstić information content (AvgIpc) is 2.05. The third kappa shape index (κ3) is 3.37. The molecule has 62 valence electrons. The number of aliphatic carboxylic acids is 1. The van der Waals surface area contributed by atoms with Crippen LogP contribution in [0.1, 0.15) is 0 Å². The number of hydrogen-bond acceptors (Lipinski definition) is 1. The summed E-state index contributed by atoms with van der Waals surface area (Å²) in [6.07, 6.45) is 1.19. The molecular formula is C9H8O2Se. The van der Waals surface area contributed by atoms with Gasteiger partial charge in [0.25, 0.3) is 0 Å². The molecule has 1 N–H and O–H groups in total. The monoisotopic (exact) mass is 228 g/mol. The minimum absolute atomic E-state index is 0.139. The fourth-order valence-electron chi connectivity index (χ4n) is 0.670. The summed E-state index contributed by atoms with van der Waals surface area (Å²) >= 11 is 0.139. The minimum atomic E-state index is -0.882. The predicted octanol–water partition coefficient (Wildman–Crippen LogP) is 0.614. The Morgan fingerprint density at radius 2 is 2.00 bits per heavy atom. The van der Waals surface area contributed by atoms with E-state index in [1.165, 1.54) is 10.5 Å². The molecule has 0 aromatic heterocycles. The molecule has 3 heteroatoms. The van der Waals surface area contributed by atoms with Crippen molar-refractivity contribution in [2.45, 2.75) is 0 Å². The molecule has 0 saturated heterocycles. The van der Waals surface area contributed by atoms with E-state index in [4.69, 9.17) is 5.11 Å². The summed E-state index contributed by atoms with van der Waals surface area (Å²) in [5.74, 6) is -0.882. The van der Waals surface area contributed by atoms with Crippen molar-refractivity contribution in [3.8, 4) is 0 Å². The molecule has 0 radical (unpaired) electrons. The van der Waals surface area contributed by atoms with E-state index in [-0.39, 0.29) is 15.0 Å². The van der Waals surface area contributed by atoms with Gasteiger partial charge in [0.2, 0.25) is 0 Å². The Bertz CT molecular complexity index is 280. The van der Waals surface area contributed by atoms with Crippen LogP contribution < -0.4 is 4.46 Å². The van der Waals surface area contributed by atoms with Crippen LogP contribution in [0.2, 0.25) is 0 Å². The molecule has 0 saturated carbocycles. The molecule has 0 amide bonds. The fourth-order valence-corrected chi connectivity index (χ4v) is 2.05.